The summed E-state index contributed by atoms with van der Waals surface area (Å²) in [5, 5.41) is 13.4. The third-order valence-electron chi connectivity index (χ3n) is 2.98. The van der Waals surface area contributed by atoms with E-state index in [0.29, 0.717) is 21.4 Å². The summed E-state index contributed by atoms with van der Waals surface area (Å²) in [6.07, 6.45) is 1.97. The molecule has 1 atom stereocenters. The Balaban J connectivity index is 2.45. The second kappa shape index (κ2) is 6.65. The van der Waals surface area contributed by atoms with E-state index in [1.807, 2.05) is 18.2 Å². The van der Waals surface area contributed by atoms with E-state index in [1.165, 1.54) is 11.8 Å². The number of allylic oxidation sites excluding steroid dienone is 1. The van der Waals surface area contributed by atoms with Crippen molar-refractivity contribution in [2.75, 3.05) is 5.75 Å². The van der Waals surface area contributed by atoms with Crippen LogP contribution in [0.3, 0.4) is 0 Å². The van der Waals surface area contributed by atoms with E-state index in [0.717, 1.165) is 5.56 Å². The highest BCUT2D eigenvalue weighted by molar-refractivity contribution is 8.03. The van der Waals surface area contributed by atoms with E-state index in [2.05, 4.69) is 18.0 Å². The molecule has 1 N–H and O–H groups in total. The molecule has 1 aliphatic rings. The van der Waals surface area contributed by atoms with Crippen LogP contribution in [-0.2, 0) is 4.79 Å². The van der Waals surface area contributed by atoms with Crippen molar-refractivity contribution in [3.05, 3.63) is 58.1 Å². The van der Waals surface area contributed by atoms with Gasteiger partial charge in [-0.05, 0) is 11.6 Å². The van der Waals surface area contributed by atoms with Crippen LogP contribution in [0.2, 0.25) is 5.02 Å². The number of amides is 1. The van der Waals surface area contributed by atoms with Gasteiger partial charge in [-0.2, -0.15) is 5.26 Å². The van der Waals surface area contributed by atoms with Crippen molar-refractivity contribution in [3.8, 4) is 6.07 Å². The van der Waals surface area contributed by atoms with Crippen molar-refractivity contribution in [2.24, 2.45) is 0 Å². The van der Waals surface area contributed by atoms with Crippen molar-refractivity contribution in [1.29, 1.82) is 5.26 Å². The Morgan fingerprint density at radius 3 is 2.95 bits per heavy atom. The number of nitriles is 1. The molecule has 0 aliphatic carbocycles. The summed E-state index contributed by atoms with van der Waals surface area (Å²) < 4.78 is 0. The Labute approximate surface area is 127 Å². The first-order chi connectivity index (χ1) is 9.67. The van der Waals surface area contributed by atoms with Crippen LogP contribution in [0.5, 0.6) is 0 Å². The molecule has 20 heavy (non-hydrogen) atoms. The number of hydrogen-bond donors (Lipinski definition) is 1. The van der Waals surface area contributed by atoms with E-state index < -0.39 is 0 Å². The fourth-order valence-corrected chi connectivity index (χ4v) is 3.18. The first-order valence-corrected chi connectivity index (χ1v) is 7.46. The Bertz CT molecular complexity index is 619. The maximum absolute atomic E-state index is 11.9. The van der Waals surface area contributed by atoms with Gasteiger partial charge in [-0.15, -0.1) is 18.3 Å². The number of halogens is 1. The first kappa shape index (κ1) is 14.7. The molecule has 0 unspecified atom stereocenters. The van der Waals surface area contributed by atoms with E-state index in [-0.39, 0.29) is 18.2 Å². The van der Waals surface area contributed by atoms with E-state index in [1.54, 1.807) is 12.1 Å². The Morgan fingerprint density at radius 2 is 2.30 bits per heavy atom. The normalized spacial score (nSPS) is 18.4. The molecule has 0 bridgehead atoms. The van der Waals surface area contributed by atoms with Crippen LogP contribution in [0.15, 0.2) is 47.5 Å². The molecule has 0 aromatic heterocycles. The minimum atomic E-state index is -0.283. The Kier molecular flexibility index (Phi) is 4.89. The molecular weight excluding hydrogens is 292 g/mol. The summed E-state index contributed by atoms with van der Waals surface area (Å²) in [5.74, 6) is 0.256. The Morgan fingerprint density at radius 1 is 1.55 bits per heavy atom. The zero-order chi connectivity index (χ0) is 14.5. The van der Waals surface area contributed by atoms with Gasteiger partial charge in [0, 0.05) is 23.1 Å². The molecule has 0 saturated carbocycles. The molecule has 5 heteroatoms. The summed E-state index contributed by atoms with van der Waals surface area (Å²) in [5.41, 5.74) is 1.38. The third-order valence-corrected chi connectivity index (χ3v) is 4.34. The molecule has 1 aromatic rings. The quantitative estimate of drug-likeness (QED) is 0.865. The van der Waals surface area contributed by atoms with Gasteiger partial charge < -0.3 is 5.32 Å². The van der Waals surface area contributed by atoms with Gasteiger partial charge in [0.15, 0.2) is 0 Å². The number of carbonyl (C=O) groups excluding carboxylic acids is 1. The predicted molar refractivity (Wildman–Crippen MR) is 82.2 cm³/mol. The predicted octanol–water partition coefficient (Wildman–Crippen LogP) is 3.60. The summed E-state index contributed by atoms with van der Waals surface area (Å²) in [4.78, 5) is 11.9. The van der Waals surface area contributed by atoms with Crippen LogP contribution < -0.4 is 5.32 Å². The zero-order valence-electron chi connectivity index (χ0n) is 10.7. The maximum Gasteiger partial charge on any atom is 0.225 e. The van der Waals surface area contributed by atoms with Gasteiger partial charge in [0.2, 0.25) is 5.91 Å². The fraction of sp³-hybridized carbons (Fsp3) is 0.200. The van der Waals surface area contributed by atoms with E-state index in [9.17, 15) is 10.1 Å². The number of carbonyl (C=O) groups is 1. The first-order valence-electron chi connectivity index (χ1n) is 6.09. The number of nitrogens with one attached hydrogen (secondary N) is 1. The molecule has 1 aromatic carbocycles. The highest BCUT2D eigenvalue weighted by atomic mass is 35.5. The lowest BCUT2D eigenvalue weighted by atomic mass is 9.87. The van der Waals surface area contributed by atoms with Crippen LogP contribution in [0.4, 0.5) is 0 Å². The molecule has 1 heterocycles. The lowest BCUT2D eigenvalue weighted by Crippen LogP contribution is -2.31. The highest BCUT2D eigenvalue weighted by Gasteiger charge is 2.30. The van der Waals surface area contributed by atoms with Gasteiger partial charge in [0.1, 0.15) is 0 Å². The minimum Gasteiger partial charge on any atom is -0.320 e. The van der Waals surface area contributed by atoms with Gasteiger partial charge in [0.05, 0.1) is 16.7 Å². The van der Waals surface area contributed by atoms with Crippen LogP contribution in [0.25, 0.3) is 0 Å². The number of rotatable bonds is 4. The van der Waals surface area contributed by atoms with Gasteiger partial charge in [-0.3, -0.25) is 4.79 Å². The molecule has 0 fully saturated rings. The topological polar surface area (TPSA) is 52.9 Å². The van der Waals surface area contributed by atoms with Crippen molar-refractivity contribution in [2.45, 2.75) is 12.3 Å². The molecule has 0 spiro atoms. The second-order valence-corrected chi connectivity index (χ2v) is 5.72. The summed E-state index contributed by atoms with van der Waals surface area (Å²) in [6, 6.07) is 9.53. The monoisotopic (exact) mass is 304 g/mol. The second-order valence-electron chi connectivity index (χ2n) is 4.28. The smallest absolute Gasteiger partial charge is 0.225 e. The largest absolute Gasteiger partial charge is 0.320 e. The molecule has 3 nitrogen and oxygen atoms in total. The summed E-state index contributed by atoms with van der Waals surface area (Å²) in [6.45, 7) is 3.65. The van der Waals surface area contributed by atoms with Gasteiger partial charge in [-0.25, -0.2) is 0 Å². The maximum atomic E-state index is 11.9. The van der Waals surface area contributed by atoms with Crippen LogP contribution >= 0.6 is 23.4 Å². The zero-order valence-corrected chi connectivity index (χ0v) is 12.3. The van der Waals surface area contributed by atoms with Crippen molar-refractivity contribution < 1.29 is 4.79 Å². The summed E-state index contributed by atoms with van der Waals surface area (Å²) >= 11 is 7.60. The molecule has 0 saturated heterocycles. The fourth-order valence-electron chi connectivity index (χ4n) is 2.10. The van der Waals surface area contributed by atoms with Gasteiger partial charge in [-0.1, -0.05) is 35.9 Å². The highest BCUT2D eigenvalue weighted by Crippen LogP contribution is 2.38. The van der Waals surface area contributed by atoms with Crippen molar-refractivity contribution in [1.82, 2.24) is 5.32 Å². The number of hydrogen-bond acceptors (Lipinski definition) is 3. The number of nitrogens with zero attached hydrogens (tertiary/aromatic N) is 1. The molecular formula is C15H13ClN2OS. The van der Waals surface area contributed by atoms with E-state index in [4.69, 9.17) is 11.6 Å². The third kappa shape index (κ3) is 3.06. The Hall–Kier alpha value is -1.70. The summed E-state index contributed by atoms with van der Waals surface area (Å²) in [7, 11) is 0. The van der Waals surface area contributed by atoms with Crippen LogP contribution in [0.1, 0.15) is 17.9 Å². The van der Waals surface area contributed by atoms with Crippen LogP contribution in [0, 0.1) is 11.3 Å². The molecule has 102 valence electrons. The minimum absolute atomic E-state index is 0.0968. The van der Waals surface area contributed by atoms with Gasteiger partial charge in [0.25, 0.3) is 0 Å². The number of benzene rings is 1. The average Bonchev–Trinajstić information content (AvgIpc) is 2.45. The number of thioether (sulfide) groups is 1. The van der Waals surface area contributed by atoms with Crippen LogP contribution in [-0.4, -0.2) is 11.7 Å². The standard InChI is InChI=1S/C15H13ClN2OS/c1-2-7-20-15-12(9-17)11(8-14(19)18-15)10-5-3-4-6-13(10)16/h2-6,11H,1,7-8H2,(H,18,19)/t11-/m0/s1. The average molecular weight is 305 g/mol. The van der Waals surface area contributed by atoms with Crippen molar-refractivity contribution >= 4 is 29.3 Å². The lowest BCUT2D eigenvalue weighted by molar-refractivity contribution is -0.120. The SMILES string of the molecule is C=CCSC1=C(C#N)[C@H](c2ccccc2Cl)CC(=O)N1. The van der Waals surface area contributed by atoms with Crippen molar-refractivity contribution in [3.63, 3.8) is 0 Å². The van der Waals surface area contributed by atoms with Gasteiger partial charge >= 0.3 is 0 Å². The molecule has 1 amide bonds. The molecule has 0 radical (unpaired) electrons. The molecule has 1 aliphatic heterocycles. The van der Waals surface area contributed by atoms with E-state index >= 15 is 0 Å². The lowest BCUT2D eigenvalue weighted by Gasteiger charge is -2.25. The molecule has 2 rings (SSSR count).